The Labute approximate surface area is 145 Å². The molecule has 1 saturated heterocycles. The van der Waals surface area contributed by atoms with E-state index in [1.807, 2.05) is 36.4 Å². The Morgan fingerprint density at radius 1 is 1.04 bits per heavy atom. The number of imidazole rings is 1. The third-order valence-corrected chi connectivity index (χ3v) is 4.61. The molecule has 0 saturated carbocycles. The molecule has 1 aliphatic rings. The van der Waals surface area contributed by atoms with Crippen molar-refractivity contribution in [3.63, 3.8) is 0 Å². The number of nitrogens with zero attached hydrogens (tertiary/aromatic N) is 4. The summed E-state index contributed by atoms with van der Waals surface area (Å²) in [5.41, 5.74) is 3.24. The fraction of sp³-hybridized carbons (Fsp3) is 0.278. The number of para-hydroxylation sites is 2. The van der Waals surface area contributed by atoms with Crippen LogP contribution in [0.3, 0.4) is 0 Å². The minimum absolute atomic E-state index is 0.132. The van der Waals surface area contributed by atoms with Gasteiger partial charge in [-0.2, -0.15) is 0 Å². The van der Waals surface area contributed by atoms with E-state index >= 15 is 0 Å². The van der Waals surface area contributed by atoms with Crippen molar-refractivity contribution in [3.05, 3.63) is 64.5 Å². The van der Waals surface area contributed by atoms with Crippen LogP contribution in [0.2, 0.25) is 0 Å². The highest BCUT2D eigenvalue weighted by Gasteiger charge is 2.19. The number of benzene rings is 2. The molecule has 0 atom stereocenters. The molecule has 0 unspecified atom stereocenters. The Hall–Kier alpha value is -2.93. The molecule has 1 fully saturated rings. The van der Waals surface area contributed by atoms with Crippen LogP contribution in [0.25, 0.3) is 11.0 Å². The number of hydrogen-bond acceptors (Lipinski definition) is 5. The van der Waals surface area contributed by atoms with E-state index in [-0.39, 0.29) is 10.6 Å². The molecule has 1 aromatic heterocycles. The largest absolute Gasteiger partial charge is 0.369 e. The van der Waals surface area contributed by atoms with Crippen LogP contribution in [0.5, 0.6) is 0 Å². The van der Waals surface area contributed by atoms with Crippen LogP contribution < -0.4 is 4.90 Å². The predicted octanol–water partition coefficient (Wildman–Crippen LogP) is 2.79. The van der Waals surface area contributed by atoms with Gasteiger partial charge in [-0.15, -0.1) is 0 Å². The Kier molecular flexibility index (Phi) is 4.07. The molecule has 0 amide bonds. The lowest BCUT2D eigenvalue weighted by Crippen LogP contribution is -2.46. The minimum Gasteiger partial charge on any atom is -0.369 e. The van der Waals surface area contributed by atoms with Crippen molar-refractivity contribution in [1.82, 2.24) is 14.9 Å². The number of nitrogens with one attached hydrogen (secondary N) is 1. The molecule has 7 heteroatoms. The van der Waals surface area contributed by atoms with E-state index in [0.717, 1.165) is 55.3 Å². The van der Waals surface area contributed by atoms with Gasteiger partial charge in [0.25, 0.3) is 5.69 Å². The maximum absolute atomic E-state index is 10.7. The quantitative estimate of drug-likeness (QED) is 0.585. The topological polar surface area (TPSA) is 78.3 Å². The van der Waals surface area contributed by atoms with Crippen LogP contribution in [0.1, 0.15) is 5.82 Å². The van der Waals surface area contributed by atoms with Crippen molar-refractivity contribution >= 4 is 22.4 Å². The fourth-order valence-corrected chi connectivity index (χ4v) is 3.24. The van der Waals surface area contributed by atoms with Gasteiger partial charge in [0.05, 0.1) is 22.5 Å². The molecule has 4 rings (SSSR count). The van der Waals surface area contributed by atoms with Gasteiger partial charge in [0.2, 0.25) is 0 Å². The van der Waals surface area contributed by atoms with Crippen molar-refractivity contribution in [3.8, 4) is 0 Å². The van der Waals surface area contributed by atoms with Crippen LogP contribution in [0.4, 0.5) is 11.4 Å². The first-order valence-electron chi connectivity index (χ1n) is 8.34. The summed E-state index contributed by atoms with van der Waals surface area (Å²) in [7, 11) is 0. The van der Waals surface area contributed by atoms with Crippen molar-refractivity contribution in [2.24, 2.45) is 0 Å². The van der Waals surface area contributed by atoms with E-state index in [1.165, 1.54) is 0 Å². The zero-order valence-corrected chi connectivity index (χ0v) is 13.8. The molecule has 7 nitrogen and oxygen atoms in total. The first-order chi connectivity index (χ1) is 12.2. The number of non-ortho nitro benzene ring substituents is 1. The van der Waals surface area contributed by atoms with Crippen LogP contribution in [-0.4, -0.2) is 46.0 Å². The van der Waals surface area contributed by atoms with Crippen LogP contribution in [0.15, 0.2) is 48.5 Å². The molecule has 2 heterocycles. The van der Waals surface area contributed by atoms with Crippen molar-refractivity contribution in [2.45, 2.75) is 6.54 Å². The highest BCUT2D eigenvalue weighted by Crippen LogP contribution is 2.21. The Morgan fingerprint density at radius 2 is 1.76 bits per heavy atom. The van der Waals surface area contributed by atoms with Crippen molar-refractivity contribution < 1.29 is 4.92 Å². The molecule has 0 spiro atoms. The lowest BCUT2D eigenvalue weighted by molar-refractivity contribution is -0.384. The van der Waals surface area contributed by atoms with Gasteiger partial charge in [-0.05, 0) is 24.3 Å². The van der Waals surface area contributed by atoms with Crippen LogP contribution in [-0.2, 0) is 6.54 Å². The van der Waals surface area contributed by atoms with Gasteiger partial charge < -0.3 is 9.88 Å². The number of nitro benzene ring substituents is 1. The second-order valence-electron chi connectivity index (χ2n) is 6.24. The van der Waals surface area contributed by atoms with Gasteiger partial charge in [0.1, 0.15) is 5.82 Å². The zero-order valence-electron chi connectivity index (χ0n) is 13.8. The summed E-state index contributed by atoms with van der Waals surface area (Å²) in [6, 6.07) is 14.8. The first-order valence-corrected chi connectivity index (χ1v) is 8.34. The van der Waals surface area contributed by atoms with Gasteiger partial charge in [0, 0.05) is 44.0 Å². The number of aromatic amines is 1. The molecule has 0 bridgehead atoms. The molecule has 2 aromatic carbocycles. The third kappa shape index (κ3) is 3.32. The van der Waals surface area contributed by atoms with Crippen molar-refractivity contribution in [2.75, 3.05) is 31.1 Å². The predicted molar refractivity (Wildman–Crippen MR) is 96.7 cm³/mol. The first kappa shape index (κ1) is 15.6. The number of rotatable bonds is 4. The summed E-state index contributed by atoms with van der Waals surface area (Å²) in [5, 5.41) is 10.7. The number of hydrogen-bond donors (Lipinski definition) is 1. The lowest BCUT2D eigenvalue weighted by Gasteiger charge is -2.35. The smallest absolute Gasteiger partial charge is 0.269 e. The summed E-state index contributed by atoms with van der Waals surface area (Å²) in [5.74, 6) is 0.991. The molecule has 0 aliphatic carbocycles. The summed E-state index contributed by atoms with van der Waals surface area (Å²) in [6.45, 7) is 4.49. The number of anilines is 1. The minimum atomic E-state index is -0.366. The van der Waals surface area contributed by atoms with E-state index < -0.39 is 0 Å². The molecule has 0 radical (unpaired) electrons. The Morgan fingerprint density at radius 3 is 2.44 bits per heavy atom. The molecular weight excluding hydrogens is 318 g/mol. The SMILES string of the molecule is O=[N+]([O-])c1ccc(N2CCN(Cc3nc4ccccc4[nH]3)CC2)cc1. The number of nitro groups is 1. The normalized spacial score (nSPS) is 15.6. The Bertz CT molecular complexity index is 849. The third-order valence-electron chi connectivity index (χ3n) is 4.61. The summed E-state index contributed by atoms with van der Waals surface area (Å²) in [4.78, 5) is 23.0. The van der Waals surface area contributed by atoms with Gasteiger partial charge in [-0.3, -0.25) is 15.0 Å². The summed E-state index contributed by atoms with van der Waals surface area (Å²) < 4.78 is 0. The van der Waals surface area contributed by atoms with E-state index in [1.54, 1.807) is 12.1 Å². The zero-order chi connectivity index (χ0) is 17.2. The maximum Gasteiger partial charge on any atom is 0.269 e. The highest BCUT2D eigenvalue weighted by molar-refractivity contribution is 5.74. The van der Waals surface area contributed by atoms with E-state index in [0.29, 0.717) is 0 Å². The molecule has 1 aliphatic heterocycles. The van der Waals surface area contributed by atoms with E-state index in [4.69, 9.17) is 0 Å². The van der Waals surface area contributed by atoms with Crippen LogP contribution >= 0.6 is 0 Å². The average Bonchev–Trinajstić information content (AvgIpc) is 3.05. The van der Waals surface area contributed by atoms with Gasteiger partial charge in [0.15, 0.2) is 0 Å². The Balaban J connectivity index is 1.37. The molecule has 128 valence electrons. The highest BCUT2D eigenvalue weighted by atomic mass is 16.6. The second kappa shape index (κ2) is 6.52. The lowest BCUT2D eigenvalue weighted by atomic mass is 10.2. The average molecular weight is 337 g/mol. The van der Waals surface area contributed by atoms with Crippen molar-refractivity contribution in [1.29, 1.82) is 0 Å². The van der Waals surface area contributed by atoms with Crippen LogP contribution in [0, 0.1) is 10.1 Å². The number of aromatic nitrogens is 2. The van der Waals surface area contributed by atoms with Gasteiger partial charge >= 0.3 is 0 Å². The van der Waals surface area contributed by atoms with E-state index in [9.17, 15) is 10.1 Å². The number of piperazine rings is 1. The molecule has 25 heavy (non-hydrogen) atoms. The second-order valence-corrected chi connectivity index (χ2v) is 6.24. The monoisotopic (exact) mass is 337 g/mol. The summed E-state index contributed by atoms with van der Waals surface area (Å²) >= 11 is 0. The number of H-pyrrole nitrogens is 1. The standard InChI is InChI=1S/C18H19N5O2/c24-23(25)15-7-5-14(6-8-15)22-11-9-21(10-12-22)13-18-19-16-3-1-2-4-17(16)20-18/h1-8H,9-13H2,(H,19,20). The maximum atomic E-state index is 10.7. The fourth-order valence-electron chi connectivity index (χ4n) is 3.24. The molecule has 3 aromatic rings. The van der Waals surface area contributed by atoms with Gasteiger partial charge in [-0.25, -0.2) is 4.98 Å². The van der Waals surface area contributed by atoms with Gasteiger partial charge in [-0.1, -0.05) is 12.1 Å². The molecule has 1 N–H and O–H groups in total. The molecular formula is C18H19N5O2. The van der Waals surface area contributed by atoms with E-state index in [2.05, 4.69) is 19.8 Å². The summed E-state index contributed by atoms with van der Waals surface area (Å²) in [6.07, 6.45) is 0. The number of fused-ring (bicyclic) bond motifs is 1.